The van der Waals surface area contributed by atoms with Gasteiger partial charge in [-0.25, -0.2) is 10.8 Å². The summed E-state index contributed by atoms with van der Waals surface area (Å²) in [5, 5.41) is 3.71. The van der Waals surface area contributed by atoms with Crippen molar-refractivity contribution in [1.29, 1.82) is 0 Å². The van der Waals surface area contributed by atoms with Crippen LogP contribution in [0, 0.1) is 5.92 Å². The van der Waals surface area contributed by atoms with Crippen molar-refractivity contribution >= 4 is 22.6 Å². The zero-order chi connectivity index (χ0) is 15.2. The first kappa shape index (κ1) is 15.2. The van der Waals surface area contributed by atoms with E-state index in [4.69, 9.17) is 10.6 Å². The summed E-state index contributed by atoms with van der Waals surface area (Å²) >= 11 is 0. The van der Waals surface area contributed by atoms with E-state index in [0.29, 0.717) is 24.5 Å². The molecule has 1 aromatic heterocycles. The van der Waals surface area contributed by atoms with Crippen LogP contribution in [0.15, 0.2) is 30.3 Å². The van der Waals surface area contributed by atoms with Crippen molar-refractivity contribution < 1.29 is 9.53 Å². The second kappa shape index (κ2) is 7.01. The number of nitrogens with two attached hydrogens (primary N) is 1. The Kier molecular flexibility index (Phi) is 5.08. The van der Waals surface area contributed by atoms with Gasteiger partial charge in [-0.1, -0.05) is 25.1 Å². The fraction of sp³-hybridized carbons (Fsp3) is 0.333. The lowest BCUT2D eigenvalue weighted by molar-refractivity contribution is 0.0935. The standard InChI is InChI=1S/C15H20N4O2/c1-10(9-21-2)8-17-15(20)12-7-14(19-16)18-13-6-4-3-5-11(12)13/h3-7,10H,8-9,16H2,1-2H3,(H,17,20)(H,18,19). The van der Waals surface area contributed by atoms with Crippen LogP contribution >= 0.6 is 0 Å². The molecule has 1 atom stereocenters. The maximum atomic E-state index is 12.4. The molecule has 0 aliphatic heterocycles. The van der Waals surface area contributed by atoms with Gasteiger partial charge in [0.05, 0.1) is 17.7 Å². The Morgan fingerprint density at radius 2 is 2.19 bits per heavy atom. The van der Waals surface area contributed by atoms with Gasteiger partial charge < -0.3 is 15.5 Å². The van der Waals surface area contributed by atoms with Crippen molar-refractivity contribution in [3.8, 4) is 0 Å². The predicted octanol–water partition coefficient (Wildman–Crippen LogP) is 1.53. The Hall–Kier alpha value is -2.18. The number of anilines is 1. The number of hydrazine groups is 1. The molecule has 0 bridgehead atoms. The molecule has 4 N–H and O–H groups in total. The fourth-order valence-electron chi connectivity index (χ4n) is 2.14. The first-order valence-electron chi connectivity index (χ1n) is 6.79. The first-order valence-corrected chi connectivity index (χ1v) is 6.79. The number of methoxy groups -OCH3 is 1. The molecule has 1 heterocycles. The molecule has 0 spiro atoms. The summed E-state index contributed by atoms with van der Waals surface area (Å²) in [7, 11) is 1.65. The van der Waals surface area contributed by atoms with Crippen LogP contribution in [0.4, 0.5) is 5.82 Å². The maximum absolute atomic E-state index is 12.4. The molecule has 1 amide bonds. The van der Waals surface area contributed by atoms with E-state index in [1.54, 1.807) is 13.2 Å². The minimum absolute atomic E-state index is 0.145. The van der Waals surface area contributed by atoms with Crippen molar-refractivity contribution in [2.75, 3.05) is 25.7 Å². The van der Waals surface area contributed by atoms with Gasteiger partial charge in [0.1, 0.15) is 5.82 Å². The molecule has 112 valence electrons. The quantitative estimate of drug-likeness (QED) is 0.554. The largest absolute Gasteiger partial charge is 0.384 e. The van der Waals surface area contributed by atoms with Crippen LogP contribution in [-0.2, 0) is 4.74 Å². The molecule has 0 saturated heterocycles. The smallest absolute Gasteiger partial charge is 0.252 e. The summed E-state index contributed by atoms with van der Waals surface area (Å²) in [6.07, 6.45) is 0. The van der Waals surface area contributed by atoms with E-state index in [1.165, 1.54) is 0 Å². The van der Waals surface area contributed by atoms with Gasteiger partial charge in [0.25, 0.3) is 5.91 Å². The number of aromatic nitrogens is 1. The second-order valence-corrected chi connectivity index (χ2v) is 4.99. The summed E-state index contributed by atoms with van der Waals surface area (Å²) < 4.78 is 5.06. The van der Waals surface area contributed by atoms with Crippen LogP contribution in [0.25, 0.3) is 10.9 Å². The van der Waals surface area contributed by atoms with Crippen molar-refractivity contribution in [2.45, 2.75) is 6.92 Å². The van der Waals surface area contributed by atoms with Gasteiger partial charge in [-0.15, -0.1) is 0 Å². The molecular weight excluding hydrogens is 268 g/mol. The number of hydrogen-bond donors (Lipinski definition) is 3. The van der Waals surface area contributed by atoms with E-state index in [0.717, 1.165) is 10.9 Å². The monoisotopic (exact) mass is 288 g/mol. The van der Waals surface area contributed by atoms with E-state index in [9.17, 15) is 4.79 Å². The van der Waals surface area contributed by atoms with Crippen LogP contribution < -0.4 is 16.6 Å². The highest BCUT2D eigenvalue weighted by Gasteiger charge is 2.13. The summed E-state index contributed by atoms with van der Waals surface area (Å²) in [6.45, 7) is 3.17. The summed E-state index contributed by atoms with van der Waals surface area (Å²) in [5.74, 6) is 5.98. The van der Waals surface area contributed by atoms with Gasteiger partial charge in [0, 0.05) is 19.0 Å². The minimum atomic E-state index is -0.145. The van der Waals surface area contributed by atoms with Gasteiger partial charge >= 0.3 is 0 Å². The van der Waals surface area contributed by atoms with Crippen molar-refractivity contribution in [2.24, 2.45) is 11.8 Å². The number of nitrogens with one attached hydrogen (secondary N) is 2. The predicted molar refractivity (Wildman–Crippen MR) is 82.9 cm³/mol. The third-order valence-electron chi connectivity index (χ3n) is 3.17. The Labute approximate surface area is 123 Å². The van der Waals surface area contributed by atoms with Gasteiger partial charge in [-0.05, 0) is 18.1 Å². The number of para-hydroxylation sites is 1. The molecule has 2 rings (SSSR count). The van der Waals surface area contributed by atoms with E-state index in [2.05, 4.69) is 15.7 Å². The number of pyridine rings is 1. The number of amides is 1. The highest BCUT2D eigenvalue weighted by molar-refractivity contribution is 6.06. The number of hydrogen-bond acceptors (Lipinski definition) is 5. The van der Waals surface area contributed by atoms with Gasteiger partial charge in [0.15, 0.2) is 0 Å². The number of benzene rings is 1. The lowest BCUT2D eigenvalue weighted by Gasteiger charge is -2.13. The highest BCUT2D eigenvalue weighted by Crippen LogP contribution is 2.20. The number of carbonyl (C=O) groups excluding carboxylic acids is 1. The SMILES string of the molecule is COCC(C)CNC(=O)c1cc(NN)nc2ccccc12. The van der Waals surface area contributed by atoms with Crippen LogP contribution in [-0.4, -0.2) is 31.2 Å². The number of carbonyl (C=O) groups is 1. The van der Waals surface area contributed by atoms with E-state index in [-0.39, 0.29) is 11.8 Å². The van der Waals surface area contributed by atoms with Crippen molar-refractivity contribution in [3.63, 3.8) is 0 Å². The third-order valence-corrected chi connectivity index (χ3v) is 3.17. The number of nitrogen functional groups attached to an aromatic ring is 1. The molecular formula is C15H20N4O2. The highest BCUT2D eigenvalue weighted by atomic mass is 16.5. The van der Waals surface area contributed by atoms with Crippen LogP contribution in [0.1, 0.15) is 17.3 Å². The lowest BCUT2D eigenvalue weighted by atomic mass is 10.1. The van der Waals surface area contributed by atoms with Crippen molar-refractivity contribution in [1.82, 2.24) is 10.3 Å². The molecule has 0 fully saturated rings. The van der Waals surface area contributed by atoms with Crippen molar-refractivity contribution in [3.05, 3.63) is 35.9 Å². The molecule has 21 heavy (non-hydrogen) atoms. The topological polar surface area (TPSA) is 89.3 Å². The number of fused-ring (bicyclic) bond motifs is 1. The summed E-state index contributed by atoms with van der Waals surface area (Å²) in [6, 6.07) is 9.12. The molecule has 1 unspecified atom stereocenters. The Balaban J connectivity index is 2.25. The normalized spacial score (nSPS) is 12.1. The van der Waals surface area contributed by atoms with Gasteiger partial charge in [-0.3, -0.25) is 4.79 Å². The van der Waals surface area contributed by atoms with Crippen LogP contribution in [0.2, 0.25) is 0 Å². The second-order valence-electron chi connectivity index (χ2n) is 4.99. The molecule has 0 aliphatic rings. The van der Waals surface area contributed by atoms with Crippen LogP contribution in [0.5, 0.6) is 0 Å². The average molecular weight is 288 g/mol. The zero-order valence-electron chi connectivity index (χ0n) is 12.2. The lowest BCUT2D eigenvalue weighted by Crippen LogP contribution is -2.30. The zero-order valence-corrected chi connectivity index (χ0v) is 12.2. The van der Waals surface area contributed by atoms with E-state index >= 15 is 0 Å². The molecule has 0 saturated carbocycles. The summed E-state index contributed by atoms with van der Waals surface area (Å²) in [4.78, 5) is 16.7. The minimum Gasteiger partial charge on any atom is -0.384 e. The molecule has 6 heteroatoms. The average Bonchev–Trinajstić information content (AvgIpc) is 2.51. The number of nitrogens with zero attached hydrogens (tertiary/aromatic N) is 1. The summed E-state index contributed by atoms with van der Waals surface area (Å²) in [5.41, 5.74) is 3.77. The van der Waals surface area contributed by atoms with Gasteiger partial charge in [-0.2, -0.15) is 0 Å². The molecule has 1 aromatic carbocycles. The van der Waals surface area contributed by atoms with Gasteiger partial charge in [0.2, 0.25) is 0 Å². The molecule has 0 radical (unpaired) electrons. The Bertz CT molecular complexity index is 630. The molecule has 0 aliphatic carbocycles. The van der Waals surface area contributed by atoms with E-state index in [1.807, 2.05) is 31.2 Å². The third kappa shape index (κ3) is 3.68. The molecule has 2 aromatic rings. The molecule has 6 nitrogen and oxygen atoms in total. The number of ether oxygens (including phenoxy) is 1. The van der Waals surface area contributed by atoms with E-state index < -0.39 is 0 Å². The first-order chi connectivity index (χ1) is 10.2. The fourth-order valence-corrected chi connectivity index (χ4v) is 2.14. The van der Waals surface area contributed by atoms with Crippen LogP contribution in [0.3, 0.4) is 0 Å². The number of rotatable bonds is 6. The Morgan fingerprint density at radius 1 is 1.43 bits per heavy atom. The Morgan fingerprint density at radius 3 is 2.90 bits per heavy atom. The maximum Gasteiger partial charge on any atom is 0.252 e.